The third kappa shape index (κ3) is 4.04. The molecular formula is C16H15F2NOS. The zero-order chi connectivity index (χ0) is 15.4. The molecule has 2 rings (SSSR count). The molecule has 1 amide bonds. The number of anilines is 1. The second kappa shape index (κ2) is 6.72. The predicted octanol–water partition coefficient (Wildman–Crippen LogP) is 4.39. The minimum absolute atomic E-state index is 0.404. The van der Waals surface area contributed by atoms with Gasteiger partial charge in [-0.25, -0.2) is 8.78 Å². The lowest BCUT2D eigenvalue weighted by Crippen LogP contribution is -2.23. The lowest BCUT2D eigenvalue weighted by molar-refractivity contribution is -0.115. The lowest BCUT2D eigenvalue weighted by atomic mass is 10.2. The van der Waals surface area contributed by atoms with Crippen LogP contribution in [-0.4, -0.2) is 11.2 Å². The maximum atomic E-state index is 13.5. The Morgan fingerprint density at radius 3 is 2.24 bits per heavy atom. The van der Waals surface area contributed by atoms with Crippen LogP contribution in [0, 0.1) is 18.6 Å². The van der Waals surface area contributed by atoms with Crippen molar-refractivity contribution >= 4 is 23.4 Å². The van der Waals surface area contributed by atoms with E-state index in [9.17, 15) is 13.6 Å². The lowest BCUT2D eigenvalue weighted by Gasteiger charge is -2.13. The van der Waals surface area contributed by atoms with Crippen molar-refractivity contribution in [2.75, 3.05) is 5.32 Å². The van der Waals surface area contributed by atoms with Crippen molar-refractivity contribution in [2.24, 2.45) is 0 Å². The number of nitrogens with one attached hydrogen (secondary N) is 1. The van der Waals surface area contributed by atoms with Gasteiger partial charge in [-0.2, -0.15) is 0 Å². The van der Waals surface area contributed by atoms with E-state index in [0.29, 0.717) is 0 Å². The highest BCUT2D eigenvalue weighted by Crippen LogP contribution is 2.25. The van der Waals surface area contributed by atoms with E-state index in [4.69, 9.17) is 0 Å². The second-order valence-corrected chi connectivity index (χ2v) is 6.07. The van der Waals surface area contributed by atoms with Crippen LogP contribution >= 0.6 is 11.8 Å². The largest absolute Gasteiger partial charge is 0.320 e. The van der Waals surface area contributed by atoms with E-state index >= 15 is 0 Å². The molecule has 0 saturated heterocycles. The Balaban J connectivity index is 2.04. The Morgan fingerprint density at radius 1 is 1.10 bits per heavy atom. The molecule has 0 fully saturated rings. The molecule has 0 spiro atoms. The predicted molar refractivity (Wildman–Crippen MR) is 81.5 cm³/mol. The van der Waals surface area contributed by atoms with Crippen LogP contribution in [0.4, 0.5) is 14.5 Å². The summed E-state index contributed by atoms with van der Waals surface area (Å²) in [7, 11) is 0. The Kier molecular flexibility index (Phi) is 4.96. The van der Waals surface area contributed by atoms with E-state index in [0.717, 1.165) is 22.6 Å². The standard InChI is InChI=1S/C16H15F2NOS/c1-10-6-8-12(9-7-10)21-11(2)16(20)19-15-13(17)4-3-5-14(15)18/h3-9,11H,1-2H3,(H,19,20)/t11-/m0/s1. The van der Waals surface area contributed by atoms with E-state index in [1.165, 1.54) is 17.8 Å². The van der Waals surface area contributed by atoms with Crippen LogP contribution < -0.4 is 5.32 Å². The molecule has 0 aliphatic rings. The van der Waals surface area contributed by atoms with Gasteiger partial charge in [0, 0.05) is 4.90 Å². The molecule has 0 unspecified atom stereocenters. The average molecular weight is 307 g/mol. The first kappa shape index (κ1) is 15.5. The fourth-order valence-corrected chi connectivity index (χ4v) is 2.58. The number of benzene rings is 2. The first-order valence-corrected chi connectivity index (χ1v) is 7.33. The summed E-state index contributed by atoms with van der Waals surface area (Å²) in [6.07, 6.45) is 0. The first-order chi connectivity index (χ1) is 9.97. The summed E-state index contributed by atoms with van der Waals surface area (Å²) in [5, 5.41) is 1.83. The van der Waals surface area contributed by atoms with Crippen LogP contribution in [0.1, 0.15) is 12.5 Å². The molecule has 2 nitrogen and oxygen atoms in total. The summed E-state index contributed by atoms with van der Waals surface area (Å²) in [6, 6.07) is 11.2. The van der Waals surface area contributed by atoms with Crippen molar-refractivity contribution in [2.45, 2.75) is 24.0 Å². The Labute approximate surface area is 126 Å². The van der Waals surface area contributed by atoms with E-state index < -0.39 is 28.5 Å². The molecule has 1 atom stereocenters. The molecule has 2 aromatic rings. The summed E-state index contributed by atoms with van der Waals surface area (Å²) in [6.45, 7) is 3.67. The second-order valence-electron chi connectivity index (χ2n) is 4.66. The molecule has 1 N–H and O–H groups in total. The van der Waals surface area contributed by atoms with Crippen LogP contribution in [-0.2, 0) is 4.79 Å². The van der Waals surface area contributed by atoms with Crippen LogP contribution in [0.25, 0.3) is 0 Å². The number of amides is 1. The Morgan fingerprint density at radius 2 is 1.67 bits per heavy atom. The number of halogens is 2. The first-order valence-electron chi connectivity index (χ1n) is 6.45. The van der Waals surface area contributed by atoms with Gasteiger partial charge in [-0.15, -0.1) is 11.8 Å². The molecule has 0 heterocycles. The van der Waals surface area contributed by atoms with Crippen molar-refractivity contribution in [3.63, 3.8) is 0 Å². The average Bonchev–Trinajstić information content (AvgIpc) is 2.45. The van der Waals surface area contributed by atoms with Gasteiger partial charge in [-0.05, 0) is 38.1 Å². The molecule has 0 radical (unpaired) electrons. The number of hydrogen-bond acceptors (Lipinski definition) is 2. The highest BCUT2D eigenvalue weighted by molar-refractivity contribution is 8.00. The molecule has 0 aliphatic heterocycles. The molecule has 0 saturated carbocycles. The highest BCUT2D eigenvalue weighted by Gasteiger charge is 2.18. The normalized spacial score (nSPS) is 12.0. The molecule has 2 aromatic carbocycles. The number of thioether (sulfide) groups is 1. The van der Waals surface area contributed by atoms with Crippen LogP contribution in [0.2, 0.25) is 0 Å². The number of carbonyl (C=O) groups is 1. The maximum absolute atomic E-state index is 13.5. The zero-order valence-corrected chi connectivity index (χ0v) is 12.5. The fraction of sp³-hybridized carbons (Fsp3) is 0.188. The molecule has 21 heavy (non-hydrogen) atoms. The Bertz CT molecular complexity index is 623. The highest BCUT2D eigenvalue weighted by atomic mass is 32.2. The Hall–Kier alpha value is -1.88. The summed E-state index contributed by atoms with van der Waals surface area (Å²) in [4.78, 5) is 13.0. The van der Waals surface area contributed by atoms with E-state index in [-0.39, 0.29) is 0 Å². The molecule has 110 valence electrons. The third-order valence-electron chi connectivity index (χ3n) is 2.91. The van der Waals surface area contributed by atoms with Gasteiger partial charge in [-0.1, -0.05) is 23.8 Å². The summed E-state index contributed by atoms with van der Waals surface area (Å²) in [5.74, 6) is -2.00. The SMILES string of the molecule is Cc1ccc(S[C@@H](C)C(=O)Nc2c(F)cccc2F)cc1. The number of carbonyl (C=O) groups excluding carboxylic acids is 1. The van der Waals surface area contributed by atoms with Gasteiger partial charge in [0.05, 0.1) is 5.25 Å². The van der Waals surface area contributed by atoms with Crippen LogP contribution in [0.3, 0.4) is 0 Å². The van der Waals surface area contributed by atoms with Crippen molar-refractivity contribution in [1.82, 2.24) is 0 Å². The van der Waals surface area contributed by atoms with Gasteiger partial charge >= 0.3 is 0 Å². The van der Waals surface area contributed by atoms with E-state index in [2.05, 4.69) is 5.32 Å². The van der Waals surface area contributed by atoms with Gasteiger partial charge in [0.15, 0.2) is 0 Å². The zero-order valence-electron chi connectivity index (χ0n) is 11.7. The summed E-state index contributed by atoms with van der Waals surface area (Å²) in [5.41, 5.74) is 0.726. The minimum Gasteiger partial charge on any atom is -0.320 e. The van der Waals surface area contributed by atoms with Crippen molar-refractivity contribution in [1.29, 1.82) is 0 Å². The van der Waals surface area contributed by atoms with Gasteiger partial charge in [0.2, 0.25) is 5.91 Å². The maximum Gasteiger partial charge on any atom is 0.237 e. The van der Waals surface area contributed by atoms with Gasteiger partial charge in [-0.3, -0.25) is 4.79 Å². The molecule has 5 heteroatoms. The fourth-order valence-electron chi connectivity index (χ4n) is 1.72. The van der Waals surface area contributed by atoms with Crippen molar-refractivity contribution < 1.29 is 13.6 Å². The minimum atomic E-state index is -0.782. The number of rotatable bonds is 4. The topological polar surface area (TPSA) is 29.1 Å². The third-order valence-corrected chi connectivity index (χ3v) is 4.03. The molecule has 0 aliphatic carbocycles. The van der Waals surface area contributed by atoms with E-state index in [1.807, 2.05) is 31.2 Å². The molecule has 0 aromatic heterocycles. The summed E-state index contributed by atoms with van der Waals surface area (Å²) < 4.78 is 27.0. The van der Waals surface area contributed by atoms with E-state index in [1.54, 1.807) is 6.92 Å². The van der Waals surface area contributed by atoms with Crippen LogP contribution in [0.15, 0.2) is 47.4 Å². The molecular weight excluding hydrogens is 292 g/mol. The van der Waals surface area contributed by atoms with Gasteiger partial charge in [0.1, 0.15) is 17.3 Å². The quantitative estimate of drug-likeness (QED) is 0.849. The van der Waals surface area contributed by atoms with Gasteiger partial charge < -0.3 is 5.32 Å². The van der Waals surface area contributed by atoms with Crippen LogP contribution in [0.5, 0.6) is 0 Å². The monoisotopic (exact) mass is 307 g/mol. The molecule has 0 bridgehead atoms. The van der Waals surface area contributed by atoms with Crippen molar-refractivity contribution in [3.05, 3.63) is 59.7 Å². The number of hydrogen-bond donors (Lipinski definition) is 1. The smallest absolute Gasteiger partial charge is 0.237 e. The van der Waals surface area contributed by atoms with Gasteiger partial charge in [0.25, 0.3) is 0 Å². The summed E-state index contributed by atoms with van der Waals surface area (Å²) >= 11 is 1.33. The number of para-hydroxylation sites is 1. The van der Waals surface area contributed by atoms with Crippen molar-refractivity contribution in [3.8, 4) is 0 Å². The number of aryl methyl sites for hydroxylation is 1.